The van der Waals surface area contributed by atoms with Crippen molar-refractivity contribution in [2.75, 3.05) is 18.0 Å². The number of rotatable bonds is 12. The number of phosphoric ester groups is 1. The Hall–Kier alpha value is -5.85. The lowest BCUT2D eigenvalue weighted by atomic mass is 9.77. The average Bonchev–Trinajstić information content (AvgIpc) is 3.51. The molecule has 0 saturated heterocycles. The molecule has 0 fully saturated rings. The molecule has 1 atom stereocenters. The van der Waals surface area contributed by atoms with Crippen molar-refractivity contribution < 1.29 is 55.4 Å². The number of halogens is 3. The van der Waals surface area contributed by atoms with Crippen LogP contribution in [0.1, 0.15) is 57.1 Å². The molecule has 2 N–H and O–H groups in total. The molecule has 0 amide bonds. The van der Waals surface area contributed by atoms with Crippen LogP contribution in [-0.4, -0.2) is 28.8 Å². The Labute approximate surface area is 347 Å². The number of alkyl halides is 3. The van der Waals surface area contributed by atoms with E-state index in [4.69, 9.17) is 19.3 Å². The number of pyridine rings is 2. The van der Waals surface area contributed by atoms with Crippen LogP contribution in [0.2, 0.25) is 0 Å². The molecule has 2 aliphatic heterocycles. The Balaban J connectivity index is 0.00000302. The van der Waals surface area contributed by atoms with Gasteiger partial charge in [-0.05, 0) is 72.0 Å². The lowest BCUT2D eigenvalue weighted by molar-refractivity contribution is -0.725. The molecule has 6 aromatic rings. The first-order valence-electron chi connectivity index (χ1n) is 18.7. The number of carbonyl (C=O) groups excluding carboxylic acids is 1. The van der Waals surface area contributed by atoms with Crippen molar-refractivity contribution >= 4 is 19.5 Å². The van der Waals surface area contributed by atoms with E-state index < -0.39 is 31.1 Å². The van der Waals surface area contributed by atoms with Crippen LogP contribution in [0, 0.1) is 14.9 Å². The topological polar surface area (TPSA) is 113 Å². The van der Waals surface area contributed by atoms with Gasteiger partial charge >= 0.3 is 20.0 Å². The van der Waals surface area contributed by atoms with Crippen LogP contribution >= 0.6 is 7.82 Å². The number of fused-ring (bicyclic) bond motifs is 6. The molecule has 2 aromatic heterocycles. The summed E-state index contributed by atoms with van der Waals surface area (Å²) in [6.45, 7) is 4.07. The Bertz CT molecular complexity index is 2550. The first-order valence-corrected chi connectivity index (χ1v) is 20.2. The zero-order chi connectivity index (χ0) is 40.7. The second-order valence-corrected chi connectivity index (χ2v) is 15.5. The Morgan fingerprint density at radius 2 is 1.45 bits per heavy atom. The highest BCUT2D eigenvalue weighted by Crippen LogP contribution is 2.56. The van der Waals surface area contributed by atoms with Gasteiger partial charge in [-0.2, -0.15) is 17.7 Å². The number of ether oxygens (including phenoxy) is 2. The van der Waals surface area contributed by atoms with Crippen LogP contribution in [0.25, 0.3) is 11.1 Å². The van der Waals surface area contributed by atoms with E-state index in [0.29, 0.717) is 39.3 Å². The molecule has 1 unspecified atom stereocenters. The highest BCUT2D eigenvalue weighted by molar-refractivity contribution is 7.46. The van der Waals surface area contributed by atoms with E-state index in [0.717, 1.165) is 60.6 Å². The first-order chi connectivity index (χ1) is 27.8. The average molecular weight is 840 g/mol. The SMILES string of the molecule is CCN(CCC[n+]1ccc(-c2cc[n+](COP(=O)(O)O)cc2)cc1)c1ccc2c(c1)Oc1ccc(Cc3cccc(C(F)(F)F)c3)cc1C21OC(=O)c2ccccc21.[CH3-].[CH3-]. The van der Waals surface area contributed by atoms with Crippen molar-refractivity contribution in [3.63, 3.8) is 0 Å². The summed E-state index contributed by atoms with van der Waals surface area (Å²) in [5.41, 5.74) is 4.47. The number of benzene rings is 4. The van der Waals surface area contributed by atoms with Gasteiger partial charge in [0.2, 0.25) is 0 Å². The third-order valence-electron chi connectivity index (χ3n) is 10.5. The maximum atomic E-state index is 13.5. The van der Waals surface area contributed by atoms with Crippen molar-refractivity contribution in [3.8, 4) is 22.6 Å². The van der Waals surface area contributed by atoms with Crippen molar-refractivity contribution in [2.24, 2.45) is 0 Å². The predicted octanol–water partition coefficient (Wildman–Crippen LogP) is 8.99. The smallest absolute Gasteiger partial charge is 0.456 e. The second-order valence-electron chi connectivity index (χ2n) is 14.2. The fraction of sp³-hybridized carbons (Fsp3) is 0.196. The van der Waals surface area contributed by atoms with E-state index in [-0.39, 0.29) is 28.0 Å². The zero-order valence-electron chi connectivity index (χ0n) is 33.3. The summed E-state index contributed by atoms with van der Waals surface area (Å²) < 4.78 is 72.6. The quantitative estimate of drug-likeness (QED) is 0.0544. The minimum Gasteiger partial charge on any atom is -0.456 e. The lowest BCUT2D eigenvalue weighted by Gasteiger charge is -2.37. The first kappa shape index (κ1) is 43.7. The summed E-state index contributed by atoms with van der Waals surface area (Å²) in [5, 5.41) is 0. The molecule has 60 heavy (non-hydrogen) atoms. The van der Waals surface area contributed by atoms with Crippen LogP contribution in [-0.2, 0) is 45.3 Å². The van der Waals surface area contributed by atoms with Gasteiger partial charge in [-0.1, -0.05) is 42.5 Å². The van der Waals surface area contributed by atoms with E-state index in [1.165, 1.54) is 10.6 Å². The van der Waals surface area contributed by atoms with E-state index in [1.54, 1.807) is 36.7 Å². The van der Waals surface area contributed by atoms with E-state index in [2.05, 4.69) is 20.9 Å². The Morgan fingerprint density at radius 3 is 2.13 bits per heavy atom. The maximum Gasteiger partial charge on any atom is 0.474 e. The van der Waals surface area contributed by atoms with Gasteiger partial charge in [0, 0.05) is 72.2 Å². The van der Waals surface area contributed by atoms with Gasteiger partial charge in [0.1, 0.15) is 18.0 Å². The van der Waals surface area contributed by atoms with Gasteiger partial charge < -0.3 is 39.0 Å². The molecular weight excluding hydrogens is 794 g/mol. The van der Waals surface area contributed by atoms with E-state index in [9.17, 15) is 22.5 Å². The molecule has 4 heterocycles. The predicted molar refractivity (Wildman–Crippen MR) is 220 cm³/mol. The van der Waals surface area contributed by atoms with Crippen LogP contribution in [0.15, 0.2) is 134 Å². The molecular formula is C46H45F3N3O7P. The van der Waals surface area contributed by atoms with Crippen LogP contribution in [0.3, 0.4) is 0 Å². The monoisotopic (exact) mass is 839 g/mol. The number of anilines is 1. The normalized spacial score (nSPS) is 15.1. The molecule has 8 rings (SSSR count). The summed E-state index contributed by atoms with van der Waals surface area (Å²) in [6, 6.07) is 31.7. The van der Waals surface area contributed by atoms with Crippen LogP contribution in [0.5, 0.6) is 11.5 Å². The molecule has 0 bridgehead atoms. The molecule has 312 valence electrons. The fourth-order valence-corrected chi connectivity index (χ4v) is 7.98. The number of phosphoric acid groups is 1. The van der Waals surface area contributed by atoms with Crippen LogP contribution < -0.4 is 18.8 Å². The highest BCUT2D eigenvalue weighted by Gasteiger charge is 2.53. The fourth-order valence-electron chi connectivity index (χ4n) is 7.70. The van der Waals surface area contributed by atoms with E-state index >= 15 is 0 Å². The summed E-state index contributed by atoms with van der Waals surface area (Å²) in [4.78, 5) is 33.6. The maximum absolute atomic E-state index is 13.5. The number of nitrogens with zero attached hydrogens (tertiary/aromatic N) is 3. The lowest BCUT2D eigenvalue weighted by Crippen LogP contribution is -2.35. The standard InChI is InChI=1S/C44H37F3N3O7P.2CH3/c1-2-50(20-6-19-48-21-15-32(16-22-48)33-17-23-49(24-18-33)29-55-58(52,53)54)35-12-13-38-41(28-35)56-40-14-11-31(25-30-7-5-8-34(26-30)44(45,46)47)27-39(40)43(38)37-10-4-3-9-36(37)42(51)57-43;;/h3-5,7-18,21-24,26-28H,2,6,19-20,25,29H2,1H3;2*1H3/q;2*-1/p+2. The molecule has 0 saturated carbocycles. The van der Waals surface area contributed by atoms with E-state index in [1.807, 2.05) is 79.1 Å². The molecule has 2 aliphatic rings. The third kappa shape index (κ3) is 8.85. The molecule has 4 aromatic carbocycles. The number of carbonyl (C=O) groups is 1. The second kappa shape index (κ2) is 17.4. The van der Waals surface area contributed by atoms with Crippen molar-refractivity contribution in [2.45, 2.75) is 44.8 Å². The minimum atomic E-state index is -4.56. The largest absolute Gasteiger partial charge is 0.474 e. The van der Waals surface area contributed by atoms with Gasteiger partial charge in [0.15, 0.2) is 30.4 Å². The summed E-state index contributed by atoms with van der Waals surface area (Å²) in [6.07, 6.45) is 4.03. The number of esters is 1. The highest BCUT2D eigenvalue weighted by atomic mass is 31.2. The summed E-state index contributed by atoms with van der Waals surface area (Å²) >= 11 is 0. The Morgan fingerprint density at radius 1 is 0.767 bits per heavy atom. The van der Waals surface area contributed by atoms with Gasteiger partial charge in [-0.25, -0.2) is 18.5 Å². The van der Waals surface area contributed by atoms with Gasteiger partial charge in [0.25, 0.3) is 6.73 Å². The number of aryl methyl sites for hydroxylation is 1. The molecule has 0 radical (unpaired) electrons. The Kier molecular flexibility index (Phi) is 12.7. The van der Waals surface area contributed by atoms with Crippen molar-refractivity contribution in [1.82, 2.24) is 0 Å². The summed E-state index contributed by atoms with van der Waals surface area (Å²) in [5.74, 6) is 0.572. The molecule has 1 spiro atoms. The van der Waals surface area contributed by atoms with Crippen LogP contribution in [0.4, 0.5) is 18.9 Å². The van der Waals surface area contributed by atoms with Crippen molar-refractivity contribution in [1.29, 1.82) is 0 Å². The third-order valence-corrected chi connectivity index (χ3v) is 11.0. The van der Waals surface area contributed by atoms with Gasteiger partial charge in [-0.15, -0.1) is 0 Å². The number of hydrogen-bond acceptors (Lipinski definition) is 6. The molecule has 14 heteroatoms. The van der Waals surface area contributed by atoms with Gasteiger partial charge in [-0.3, -0.25) is 0 Å². The van der Waals surface area contributed by atoms with Crippen molar-refractivity contribution in [3.05, 3.63) is 188 Å². The minimum absolute atomic E-state index is 0. The zero-order valence-corrected chi connectivity index (χ0v) is 34.2. The molecule has 10 nitrogen and oxygen atoms in total. The summed E-state index contributed by atoms with van der Waals surface area (Å²) in [7, 11) is -4.56. The molecule has 0 aliphatic carbocycles. The number of hydrogen-bond donors (Lipinski definition) is 2. The van der Waals surface area contributed by atoms with Gasteiger partial charge in [0.05, 0.1) is 11.1 Å². The number of aromatic nitrogens is 2.